The van der Waals surface area contributed by atoms with Crippen molar-refractivity contribution < 1.29 is 9.53 Å². The first-order chi connectivity index (χ1) is 10.2. The highest BCUT2D eigenvalue weighted by Gasteiger charge is 2.44. The summed E-state index contributed by atoms with van der Waals surface area (Å²) in [4.78, 5) is 15.0. The summed E-state index contributed by atoms with van der Waals surface area (Å²) in [6.07, 6.45) is 7.80. The fourth-order valence-corrected chi connectivity index (χ4v) is 4.24. The molecule has 1 saturated carbocycles. The zero-order chi connectivity index (χ0) is 14.8. The second kappa shape index (κ2) is 6.66. The number of ether oxygens (including phenoxy) is 1. The lowest BCUT2D eigenvalue weighted by atomic mass is 9.99. The zero-order valence-electron chi connectivity index (χ0n) is 13.5. The Labute approximate surface area is 128 Å². The van der Waals surface area contributed by atoms with Crippen LogP contribution in [0.1, 0.15) is 52.4 Å². The highest BCUT2D eigenvalue weighted by molar-refractivity contribution is 5.84. The molecule has 1 amide bonds. The molecule has 3 aliphatic rings. The number of carbonyl (C=O) groups excluding carboxylic acids is 1. The number of amides is 1. The van der Waals surface area contributed by atoms with Crippen molar-refractivity contribution >= 4 is 5.91 Å². The zero-order valence-corrected chi connectivity index (χ0v) is 13.5. The molecule has 0 bridgehead atoms. The average Bonchev–Trinajstić information content (AvgIpc) is 3.09. The molecule has 4 nitrogen and oxygen atoms in total. The van der Waals surface area contributed by atoms with Gasteiger partial charge in [-0.05, 0) is 37.5 Å². The van der Waals surface area contributed by atoms with Gasteiger partial charge in [0.15, 0.2) is 0 Å². The maximum atomic E-state index is 12.8. The van der Waals surface area contributed by atoms with E-state index < -0.39 is 0 Å². The molecular formula is C17H30N2O2. The van der Waals surface area contributed by atoms with Crippen LogP contribution in [0.4, 0.5) is 0 Å². The molecule has 0 aromatic heterocycles. The summed E-state index contributed by atoms with van der Waals surface area (Å²) in [6, 6.07) is 0.0140. The molecule has 3 rings (SSSR count). The van der Waals surface area contributed by atoms with Crippen LogP contribution in [0, 0.1) is 17.8 Å². The van der Waals surface area contributed by atoms with E-state index in [9.17, 15) is 4.79 Å². The number of carbonyl (C=O) groups is 1. The van der Waals surface area contributed by atoms with Crippen LogP contribution in [0.3, 0.4) is 0 Å². The fraction of sp³-hybridized carbons (Fsp3) is 0.941. The molecule has 4 heteroatoms. The first-order valence-corrected chi connectivity index (χ1v) is 8.81. The summed E-state index contributed by atoms with van der Waals surface area (Å²) >= 11 is 0. The third-order valence-corrected chi connectivity index (χ3v) is 5.46. The molecule has 3 atom stereocenters. The van der Waals surface area contributed by atoms with Crippen LogP contribution in [-0.2, 0) is 9.53 Å². The van der Waals surface area contributed by atoms with Crippen molar-refractivity contribution in [2.45, 2.75) is 64.6 Å². The molecule has 0 spiro atoms. The van der Waals surface area contributed by atoms with Crippen LogP contribution in [-0.4, -0.2) is 42.8 Å². The maximum absolute atomic E-state index is 12.8. The normalized spacial score (nSPS) is 35.1. The largest absolute Gasteiger partial charge is 0.381 e. The molecule has 1 aliphatic carbocycles. The molecule has 0 aromatic carbocycles. The van der Waals surface area contributed by atoms with Crippen molar-refractivity contribution in [3.63, 3.8) is 0 Å². The van der Waals surface area contributed by atoms with E-state index in [1.807, 2.05) is 0 Å². The summed E-state index contributed by atoms with van der Waals surface area (Å²) < 4.78 is 5.60. The van der Waals surface area contributed by atoms with Crippen LogP contribution in [0.25, 0.3) is 0 Å². The molecule has 0 radical (unpaired) electrons. The molecule has 0 aromatic rings. The van der Waals surface area contributed by atoms with Crippen molar-refractivity contribution in [1.29, 1.82) is 0 Å². The van der Waals surface area contributed by atoms with Gasteiger partial charge in [0.1, 0.15) is 0 Å². The second-order valence-corrected chi connectivity index (χ2v) is 7.45. The van der Waals surface area contributed by atoms with E-state index in [2.05, 4.69) is 24.1 Å². The van der Waals surface area contributed by atoms with Crippen molar-refractivity contribution in [2.24, 2.45) is 17.8 Å². The van der Waals surface area contributed by atoms with Gasteiger partial charge in [0.2, 0.25) is 5.91 Å². The molecule has 2 aliphatic heterocycles. The number of nitrogens with one attached hydrogen (secondary N) is 1. The van der Waals surface area contributed by atoms with Crippen LogP contribution >= 0.6 is 0 Å². The molecule has 1 N–H and O–H groups in total. The Morgan fingerprint density at radius 1 is 1.24 bits per heavy atom. The van der Waals surface area contributed by atoms with E-state index in [4.69, 9.17) is 4.74 Å². The van der Waals surface area contributed by atoms with Crippen molar-refractivity contribution in [3.8, 4) is 0 Å². The van der Waals surface area contributed by atoms with E-state index in [0.717, 1.165) is 26.2 Å². The average molecular weight is 294 g/mol. The lowest BCUT2D eigenvalue weighted by Gasteiger charge is -2.33. The van der Waals surface area contributed by atoms with Gasteiger partial charge < -0.3 is 9.64 Å². The van der Waals surface area contributed by atoms with Crippen LogP contribution in [0.5, 0.6) is 0 Å². The Bertz CT molecular complexity index is 360. The van der Waals surface area contributed by atoms with Crippen molar-refractivity contribution in [3.05, 3.63) is 0 Å². The van der Waals surface area contributed by atoms with Crippen molar-refractivity contribution in [2.75, 3.05) is 19.8 Å². The lowest BCUT2D eigenvalue weighted by molar-refractivity contribution is -0.132. The van der Waals surface area contributed by atoms with Gasteiger partial charge in [-0.3, -0.25) is 10.1 Å². The van der Waals surface area contributed by atoms with E-state index in [0.29, 0.717) is 23.7 Å². The first kappa shape index (κ1) is 15.3. The van der Waals surface area contributed by atoms with E-state index >= 15 is 0 Å². The SMILES string of the molecule is CC(C)C1NC(C2CCCC2)N(CC2CCCOC2)C1=O. The maximum Gasteiger partial charge on any atom is 0.241 e. The summed E-state index contributed by atoms with van der Waals surface area (Å²) in [6.45, 7) is 6.90. The second-order valence-electron chi connectivity index (χ2n) is 7.45. The van der Waals surface area contributed by atoms with Gasteiger partial charge in [0.05, 0.1) is 18.8 Å². The highest BCUT2D eigenvalue weighted by atomic mass is 16.5. The number of nitrogens with zero attached hydrogens (tertiary/aromatic N) is 1. The van der Waals surface area contributed by atoms with Gasteiger partial charge in [-0.2, -0.15) is 0 Å². The molecule has 120 valence electrons. The van der Waals surface area contributed by atoms with E-state index in [-0.39, 0.29) is 12.2 Å². The van der Waals surface area contributed by atoms with E-state index in [1.54, 1.807) is 0 Å². The molecule has 2 saturated heterocycles. The fourth-order valence-electron chi connectivity index (χ4n) is 4.24. The van der Waals surface area contributed by atoms with Gasteiger partial charge in [-0.25, -0.2) is 0 Å². The van der Waals surface area contributed by atoms with Crippen molar-refractivity contribution in [1.82, 2.24) is 10.2 Å². The third kappa shape index (κ3) is 3.26. The lowest BCUT2D eigenvalue weighted by Crippen LogP contribution is -2.45. The predicted molar refractivity (Wildman–Crippen MR) is 82.8 cm³/mol. The summed E-state index contributed by atoms with van der Waals surface area (Å²) in [7, 11) is 0. The predicted octanol–water partition coefficient (Wildman–Crippen LogP) is 2.39. The van der Waals surface area contributed by atoms with Crippen LogP contribution in [0.15, 0.2) is 0 Å². The van der Waals surface area contributed by atoms with Gasteiger partial charge in [0, 0.05) is 19.1 Å². The summed E-state index contributed by atoms with van der Waals surface area (Å²) in [5.74, 6) is 1.88. The first-order valence-electron chi connectivity index (χ1n) is 8.81. The van der Waals surface area contributed by atoms with Gasteiger partial charge in [-0.15, -0.1) is 0 Å². The number of hydrogen-bond donors (Lipinski definition) is 1. The highest BCUT2D eigenvalue weighted by Crippen LogP contribution is 2.34. The monoisotopic (exact) mass is 294 g/mol. The Morgan fingerprint density at radius 3 is 2.62 bits per heavy atom. The number of rotatable bonds is 4. The molecule has 21 heavy (non-hydrogen) atoms. The smallest absolute Gasteiger partial charge is 0.241 e. The van der Waals surface area contributed by atoms with E-state index in [1.165, 1.54) is 32.1 Å². The minimum atomic E-state index is 0.0140. The topological polar surface area (TPSA) is 41.6 Å². The Morgan fingerprint density at radius 2 is 2.00 bits per heavy atom. The Kier molecular flexibility index (Phi) is 4.85. The van der Waals surface area contributed by atoms with Crippen LogP contribution < -0.4 is 5.32 Å². The molecular weight excluding hydrogens is 264 g/mol. The number of hydrogen-bond acceptors (Lipinski definition) is 3. The minimum absolute atomic E-state index is 0.0140. The summed E-state index contributed by atoms with van der Waals surface area (Å²) in [5.41, 5.74) is 0. The quantitative estimate of drug-likeness (QED) is 0.865. The minimum Gasteiger partial charge on any atom is -0.381 e. The summed E-state index contributed by atoms with van der Waals surface area (Å²) in [5, 5.41) is 3.66. The Balaban J connectivity index is 1.70. The molecule has 3 unspecified atom stereocenters. The standard InChI is InChI=1S/C17H30N2O2/c1-12(2)15-17(20)19(10-13-6-5-9-21-11-13)16(18-15)14-7-3-4-8-14/h12-16,18H,3-11H2,1-2H3. The van der Waals surface area contributed by atoms with Gasteiger partial charge >= 0.3 is 0 Å². The molecule has 2 heterocycles. The van der Waals surface area contributed by atoms with Crippen LogP contribution in [0.2, 0.25) is 0 Å². The third-order valence-electron chi connectivity index (χ3n) is 5.46. The molecule has 3 fully saturated rings. The van der Waals surface area contributed by atoms with Gasteiger partial charge in [0.25, 0.3) is 0 Å². The Hall–Kier alpha value is -0.610. The van der Waals surface area contributed by atoms with Gasteiger partial charge in [-0.1, -0.05) is 26.7 Å².